The first-order valence-corrected chi connectivity index (χ1v) is 6.82. The molecular weight excluding hydrogens is 200 g/mol. The largest absolute Gasteiger partial charge is 0.379 e. The number of hydrogen-bond donors (Lipinski definition) is 1. The fourth-order valence-corrected chi connectivity index (χ4v) is 2.86. The highest BCUT2D eigenvalue weighted by Crippen LogP contribution is 2.22. The summed E-state index contributed by atoms with van der Waals surface area (Å²) in [5.41, 5.74) is 0. The topological polar surface area (TPSA) is 24.5 Å². The van der Waals surface area contributed by atoms with Crippen molar-refractivity contribution in [2.24, 2.45) is 5.92 Å². The molecule has 0 aromatic rings. The molecular formula is C13H26N2O. The van der Waals surface area contributed by atoms with Crippen molar-refractivity contribution in [3.05, 3.63) is 0 Å². The van der Waals surface area contributed by atoms with Crippen LogP contribution in [-0.4, -0.2) is 49.8 Å². The molecule has 2 aliphatic heterocycles. The van der Waals surface area contributed by atoms with Crippen molar-refractivity contribution in [3.63, 3.8) is 0 Å². The summed E-state index contributed by atoms with van der Waals surface area (Å²) < 4.78 is 5.49. The van der Waals surface area contributed by atoms with Crippen LogP contribution in [0, 0.1) is 5.92 Å². The molecule has 0 aromatic carbocycles. The lowest BCUT2D eigenvalue weighted by Gasteiger charge is -2.38. The van der Waals surface area contributed by atoms with E-state index in [1.165, 1.54) is 32.4 Å². The van der Waals surface area contributed by atoms with E-state index in [1.807, 2.05) is 0 Å². The van der Waals surface area contributed by atoms with Crippen LogP contribution in [0.3, 0.4) is 0 Å². The number of piperidine rings is 1. The number of ether oxygens (including phenoxy) is 1. The van der Waals surface area contributed by atoms with Crippen molar-refractivity contribution < 1.29 is 4.74 Å². The SMILES string of the molecule is CC1CCCN(CCC2COCCN2)C1C. The first kappa shape index (κ1) is 12.3. The van der Waals surface area contributed by atoms with E-state index in [9.17, 15) is 0 Å². The van der Waals surface area contributed by atoms with Crippen LogP contribution >= 0.6 is 0 Å². The molecule has 0 aliphatic carbocycles. The Bertz CT molecular complexity index is 204. The zero-order chi connectivity index (χ0) is 11.4. The predicted molar refractivity (Wildman–Crippen MR) is 66.7 cm³/mol. The van der Waals surface area contributed by atoms with Crippen LogP contribution in [-0.2, 0) is 4.74 Å². The molecule has 16 heavy (non-hydrogen) atoms. The summed E-state index contributed by atoms with van der Waals surface area (Å²) in [7, 11) is 0. The van der Waals surface area contributed by atoms with E-state index >= 15 is 0 Å². The summed E-state index contributed by atoms with van der Waals surface area (Å²) in [6.07, 6.45) is 4.01. The van der Waals surface area contributed by atoms with Crippen molar-refractivity contribution in [2.75, 3.05) is 32.8 Å². The van der Waals surface area contributed by atoms with Gasteiger partial charge in [-0.25, -0.2) is 0 Å². The zero-order valence-electron chi connectivity index (χ0n) is 10.7. The molecule has 0 bridgehead atoms. The molecule has 0 saturated carbocycles. The molecule has 3 atom stereocenters. The van der Waals surface area contributed by atoms with Crippen LogP contribution in [0.5, 0.6) is 0 Å². The van der Waals surface area contributed by atoms with Crippen molar-refractivity contribution in [1.29, 1.82) is 0 Å². The third kappa shape index (κ3) is 3.19. The molecule has 2 heterocycles. The Balaban J connectivity index is 1.71. The number of nitrogens with zero attached hydrogens (tertiary/aromatic N) is 1. The second-order valence-corrected chi connectivity index (χ2v) is 5.41. The number of nitrogens with one attached hydrogen (secondary N) is 1. The number of hydrogen-bond acceptors (Lipinski definition) is 3. The van der Waals surface area contributed by atoms with Gasteiger partial charge in [-0.05, 0) is 45.2 Å². The maximum Gasteiger partial charge on any atom is 0.0620 e. The van der Waals surface area contributed by atoms with E-state index in [0.29, 0.717) is 6.04 Å². The van der Waals surface area contributed by atoms with Crippen LogP contribution in [0.25, 0.3) is 0 Å². The Hall–Kier alpha value is -0.120. The molecule has 0 aromatic heterocycles. The molecule has 2 aliphatic rings. The van der Waals surface area contributed by atoms with Crippen molar-refractivity contribution >= 4 is 0 Å². The number of likely N-dealkylation sites (tertiary alicyclic amines) is 1. The monoisotopic (exact) mass is 226 g/mol. The minimum Gasteiger partial charge on any atom is -0.379 e. The van der Waals surface area contributed by atoms with Gasteiger partial charge in [0.1, 0.15) is 0 Å². The summed E-state index contributed by atoms with van der Waals surface area (Å²) >= 11 is 0. The molecule has 3 unspecified atom stereocenters. The van der Waals surface area contributed by atoms with Gasteiger partial charge in [-0.2, -0.15) is 0 Å². The minimum absolute atomic E-state index is 0.582. The molecule has 0 amide bonds. The van der Waals surface area contributed by atoms with Crippen LogP contribution in [0.4, 0.5) is 0 Å². The van der Waals surface area contributed by atoms with E-state index in [2.05, 4.69) is 24.1 Å². The van der Waals surface area contributed by atoms with Crippen molar-refractivity contribution in [2.45, 2.75) is 45.2 Å². The second-order valence-electron chi connectivity index (χ2n) is 5.41. The standard InChI is InChI=1S/C13H26N2O/c1-11-4-3-7-15(12(11)2)8-5-13-10-16-9-6-14-13/h11-14H,3-10H2,1-2H3. The smallest absolute Gasteiger partial charge is 0.0620 e. The Labute approximate surface area is 99.5 Å². The van der Waals surface area contributed by atoms with Gasteiger partial charge < -0.3 is 15.0 Å². The number of rotatable bonds is 3. The van der Waals surface area contributed by atoms with E-state index < -0.39 is 0 Å². The van der Waals surface area contributed by atoms with Crippen molar-refractivity contribution in [1.82, 2.24) is 10.2 Å². The highest BCUT2D eigenvalue weighted by molar-refractivity contribution is 4.80. The summed E-state index contributed by atoms with van der Waals surface area (Å²) in [6.45, 7) is 10.1. The fourth-order valence-electron chi connectivity index (χ4n) is 2.86. The van der Waals surface area contributed by atoms with Gasteiger partial charge in [0, 0.05) is 18.6 Å². The van der Waals surface area contributed by atoms with Gasteiger partial charge in [0.2, 0.25) is 0 Å². The first-order chi connectivity index (χ1) is 7.77. The second kappa shape index (κ2) is 5.99. The van der Waals surface area contributed by atoms with Crippen molar-refractivity contribution in [3.8, 4) is 0 Å². The average molecular weight is 226 g/mol. The fraction of sp³-hybridized carbons (Fsp3) is 1.00. The Morgan fingerprint density at radius 3 is 3.00 bits per heavy atom. The Morgan fingerprint density at radius 2 is 2.25 bits per heavy atom. The lowest BCUT2D eigenvalue weighted by Crippen LogP contribution is -2.47. The molecule has 3 heteroatoms. The zero-order valence-corrected chi connectivity index (χ0v) is 10.7. The third-order valence-corrected chi connectivity index (χ3v) is 4.27. The van der Waals surface area contributed by atoms with Gasteiger partial charge in [0.15, 0.2) is 0 Å². The quantitative estimate of drug-likeness (QED) is 0.789. The first-order valence-electron chi connectivity index (χ1n) is 6.82. The van der Waals surface area contributed by atoms with Crippen LogP contribution in [0.2, 0.25) is 0 Å². The predicted octanol–water partition coefficient (Wildman–Crippen LogP) is 1.49. The third-order valence-electron chi connectivity index (χ3n) is 4.27. The molecule has 2 fully saturated rings. The Morgan fingerprint density at radius 1 is 1.38 bits per heavy atom. The lowest BCUT2D eigenvalue weighted by atomic mass is 9.92. The molecule has 1 N–H and O–H groups in total. The van der Waals surface area contributed by atoms with Gasteiger partial charge in [0.25, 0.3) is 0 Å². The van der Waals surface area contributed by atoms with Crippen LogP contribution < -0.4 is 5.32 Å². The molecule has 94 valence electrons. The van der Waals surface area contributed by atoms with Gasteiger partial charge in [-0.3, -0.25) is 0 Å². The van der Waals surface area contributed by atoms with E-state index in [4.69, 9.17) is 4.74 Å². The minimum atomic E-state index is 0.582. The van der Waals surface area contributed by atoms with Gasteiger partial charge in [-0.15, -0.1) is 0 Å². The number of morpholine rings is 1. The molecule has 0 spiro atoms. The summed E-state index contributed by atoms with van der Waals surface area (Å²) in [6, 6.07) is 1.34. The maximum absolute atomic E-state index is 5.49. The Kier molecular flexibility index (Phi) is 4.62. The molecule has 2 saturated heterocycles. The van der Waals surface area contributed by atoms with E-state index in [1.54, 1.807) is 0 Å². The summed E-state index contributed by atoms with van der Waals surface area (Å²) in [4.78, 5) is 2.66. The maximum atomic E-state index is 5.49. The van der Waals surface area contributed by atoms with Gasteiger partial charge >= 0.3 is 0 Å². The lowest BCUT2D eigenvalue weighted by molar-refractivity contribution is 0.0593. The average Bonchev–Trinajstić information content (AvgIpc) is 2.32. The van der Waals surface area contributed by atoms with E-state index in [-0.39, 0.29) is 0 Å². The van der Waals surface area contributed by atoms with Gasteiger partial charge in [-0.1, -0.05) is 6.92 Å². The molecule has 0 radical (unpaired) electrons. The molecule has 3 nitrogen and oxygen atoms in total. The normalized spacial score (nSPS) is 37.5. The highest BCUT2D eigenvalue weighted by Gasteiger charge is 2.25. The van der Waals surface area contributed by atoms with Crippen LogP contribution in [0.1, 0.15) is 33.1 Å². The van der Waals surface area contributed by atoms with Gasteiger partial charge in [0.05, 0.1) is 13.2 Å². The summed E-state index contributed by atoms with van der Waals surface area (Å²) in [5.74, 6) is 0.865. The highest BCUT2D eigenvalue weighted by atomic mass is 16.5. The molecule has 2 rings (SSSR count). The van der Waals surface area contributed by atoms with Crippen LogP contribution in [0.15, 0.2) is 0 Å². The summed E-state index contributed by atoms with van der Waals surface area (Å²) in [5, 5.41) is 3.53. The van der Waals surface area contributed by atoms with E-state index in [0.717, 1.165) is 31.7 Å².